The van der Waals surface area contributed by atoms with Crippen molar-refractivity contribution in [2.24, 2.45) is 0 Å². The molecule has 34 heavy (non-hydrogen) atoms. The fraction of sp³-hybridized carbons (Fsp3) is 0.444. The quantitative estimate of drug-likeness (QED) is 0.355. The van der Waals surface area contributed by atoms with Crippen LogP contribution in [0.4, 0.5) is 13.2 Å². The fourth-order valence-electron chi connectivity index (χ4n) is 4.22. The number of fused-ring (bicyclic) bond motifs is 1. The van der Waals surface area contributed by atoms with Gasteiger partial charge in [-0.3, -0.25) is 4.90 Å². The summed E-state index contributed by atoms with van der Waals surface area (Å²) >= 11 is 0. The Morgan fingerprint density at radius 2 is 1.62 bits per heavy atom. The summed E-state index contributed by atoms with van der Waals surface area (Å²) in [7, 11) is 0. The molecule has 7 heteroatoms. The second-order valence-corrected chi connectivity index (χ2v) is 8.71. The number of hydrogen-bond acceptors (Lipinski definition) is 4. The molecule has 182 valence electrons. The zero-order valence-electron chi connectivity index (χ0n) is 19.5. The van der Waals surface area contributed by atoms with Crippen molar-refractivity contribution in [2.75, 3.05) is 32.8 Å². The molecule has 1 aliphatic rings. The molecular weight excluding hydrogens is 441 g/mol. The van der Waals surface area contributed by atoms with Crippen molar-refractivity contribution in [1.82, 2.24) is 9.88 Å². The first-order chi connectivity index (χ1) is 16.4. The second kappa shape index (κ2) is 11.1. The molecule has 0 atom stereocenters. The minimum absolute atomic E-state index is 0.373. The van der Waals surface area contributed by atoms with Crippen LogP contribution >= 0.6 is 0 Å². The van der Waals surface area contributed by atoms with Gasteiger partial charge in [-0.2, -0.15) is 13.2 Å². The molecule has 0 N–H and O–H groups in total. The molecule has 4 nitrogen and oxygen atoms in total. The molecule has 0 bridgehead atoms. The first-order valence-corrected chi connectivity index (χ1v) is 12.0. The van der Waals surface area contributed by atoms with E-state index in [-0.39, 0.29) is 0 Å². The third-order valence-electron chi connectivity index (χ3n) is 6.08. The Labute approximate surface area is 198 Å². The number of nitrogens with zero attached hydrogens (tertiary/aromatic N) is 2. The molecule has 0 amide bonds. The molecule has 0 unspecified atom stereocenters. The molecule has 3 aromatic rings. The van der Waals surface area contributed by atoms with Gasteiger partial charge in [0.25, 0.3) is 0 Å². The lowest BCUT2D eigenvalue weighted by atomic mass is 10.1. The van der Waals surface area contributed by atoms with Crippen molar-refractivity contribution in [1.29, 1.82) is 0 Å². The molecule has 1 aromatic heterocycles. The van der Waals surface area contributed by atoms with E-state index in [1.54, 1.807) is 6.07 Å². The van der Waals surface area contributed by atoms with Crippen molar-refractivity contribution < 1.29 is 22.6 Å². The summed E-state index contributed by atoms with van der Waals surface area (Å²) in [6, 6.07) is 12.9. The van der Waals surface area contributed by atoms with Gasteiger partial charge in [0.1, 0.15) is 18.1 Å². The minimum atomic E-state index is -4.43. The standard InChI is InChI=1S/C27H31F3N2O2/c1-2-16-33-22-10-7-20(8-11-22)25-19-26(34-17-15-32-13-5-3-4-6-14-32)23-18-21(27(28,29)30)9-12-24(23)31-25/h7-12,18-19H,2-6,13-17H2,1H3. The summed E-state index contributed by atoms with van der Waals surface area (Å²) in [5.41, 5.74) is 1.27. The van der Waals surface area contributed by atoms with E-state index in [1.165, 1.54) is 31.7 Å². The number of alkyl halides is 3. The van der Waals surface area contributed by atoms with E-state index < -0.39 is 11.7 Å². The van der Waals surface area contributed by atoms with Crippen LogP contribution in [0.1, 0.15) is 44.6 Å². The van der Waals surface area contributed by atoms with Crippen molar-refractivity contribution in [3.63, 3.8) is 0 Å². The first-order valence-electron chi connectivity index (χ1n) is 12.0. The van der Waals surface area contributed by atoms with Gasteiger partial charge in [-0.1, -0.05) is 19.8 Å². The number of pyridine rings is 1. The lowest BCUT2D eigenvalue weighted by Crippen LogP contribution is -2.29. The van der Waals surface area contributed by atoms with Crippen molar-refractivity contribution in [3.05, 3.63) is 54.1 Å². The lowest BCUT2D eigenvalue weighted by molar-refractivity contribution is -0.137. The maximum absolute atomic E-state index is 13.4. The maximum Gasteiger partial charge on any atom is 0.416 e. The van der Waals surface area contributed by atoms with Crippen LogP contribution in [0.2, 0.25) is 0 Å². The van der Waals surface area contributed by atoms with Crippen LogP contribution in [0.15, 0.2) is 48.5 Å². The summed E-state index contributed by atoms with van der Waals surface area (Å²) in [5.74, 6) is 1.20. The van der Waals surface area contributed by atoms with Gasteiger partial charge in [-0.05, 0) is 74.8 Å². The summed E-state index contributed by atoms with van der Waals surface area (Å²) in [6.07, 6.45) is 1.34. The summed E-state index contributed by atoms with van der Waals surface area (Å²) in [6.45, 7) is 5.93. The fourth-order valence-corrected chi connectivity index (χ4v) is 4.22. The van der Waals surface area contributed by atoms with Gasteiger partial charge in [0.2, 0.25) is 0 Å². The SMILES string of the molecule is CCCOc1ccc(-c2cc(OCCN3CCCCCC3)c3cc(C(F)(F)F)ccc3n2)cc1. The number of hydrogen-bond donors (Lipinski definition) is 0. The number of aromatic nitrogens is 1. The van der Waals surface area contributed by atoms with Crippen LogP contribution in [-0.4, -0.2) is 42.7 Å². The number of ether oxygens (including phenoxy) is 2. The van der Waals surface area contributed by atoms with Crippen molar-refractivity contribution in [2.45, 2.75) is 45.2 Å². The number of likely N-dealkylation sites (tertiary alicyclic amines) is 1. The molecule has 2 heterocycles. The van der Waals surface area contributed by atoms with Crippen molar-refractivity contribution in [3.8, 4) is 22.8 Å². The summed E-state index contributed by atoms with van der Waals surface area (Å²) in [5, 5.41) is 0.373. The van der Waals surface area contributed by atoms with Gasteiger partial charge in [0.15, 0.2) is 0 Å². The highest BCUT2D eigenvalue weighted by atomic mass is 19.4. The number of rotatable bonds is 8. The van der Waals surface area contributed by atoms with Gasteiger partial charge in [-0.25, -0.2) is 4.98 Å². The van der Waals surface area contributed by atoms with E-state index in [4.69, 9.17) is 9.47 Å². The Morgan fingerprint density at radius 1 is 0.882 bits per heavy atom. The third-order valence-corrected chi connectivity index (χ3v) is 6.08. The molecule has 2 aromatic carbocycles. The highest BCUT2D eigenvalue weighted by Crippen LogP contribution is 2.36. The third kappa shape index (κ3) is 6.20. The van der Waals surface area contributed by atoms with Crippen LogP contribution in [0, 0.1) is 0 Å². The van der Waals surface area contributed by atoms with E-state index in [2.05, 4.69) is 9.88 Å². The molecule has 4 rings (SSSR count). The predicted octanol–water partition coefficient (Wildman–Crippen LogP) is 6.96. The van der Waals surface area contributed by atoms with Gasteiger partial charge < -0.3 is 9.47 Å². The lowest BCUT2D eigenvalue weighted by Gasteiger charge is -2.20. The number of halogens is 3. The highest BCUT2D eigenvalue weighted by Gasteiger charge is 2.31. The van der Waals surface area contributed by atoms with Crippen LogP contribution in [0.5, 0.6) is 11.5 Å². The van der Waals surface area contributed by atoms with E-state index in [0.29, 0.717) is 35.6 Å². The van der Waals surface area contributed by atoms with Crippen LogP contribution < -0.4 is 9.47 Å². The Balaban J connectivity index is 1.62. The van der Waals surface area contributed by atoms with E-state index in [9.17, 15) is 13.2 Å². The van der Waals surface area contributed by atoms with E-state index >= 15 is 0 Å². The smallest absolute Gasteiger partial charge is 0.416 e. The van der Waals surface area contributed by atoms with Gasteiger partial charge in [-0.15, -0.1) is 0 Å². The van der Waals surface area contributed by atoms with Gasteiger partial charge in [0.05, 0.1) is 23.4 Å². The van der Waals surface area contributed by atoms with E-state index in [0.717, 1.165) is 49.5 Å². The minimum Gasteiger partial charge on any atom is -0.494 e. The molecule has 0 saturated carbocycles. The summed E-state index contributed by atoms with van der Waals surface area (Å²) < 4.78 is 51.9. The largest absolute Gasteiger partial charge is 0.494 e. The Kier molecular flexibility index (Phi) is 7.93. The molecule has 0 aliphatic carbocycles. The summed E-state index contributed by atoms with van der Waals surface area (Å²) in [4.78, 5) is 7.00. The Morgan fingerprint density at radius 3 is 2.29 bits per heavy atom. The molecule has 1 fully saturated rings. The predicted molar refractivity (Wildman–Crippen MR) is 128 cm³/mol. The molecule has 0 spiro atoms. The normalized spacial score (nSPS) is 15.3. The van der Waals surface area contributed by atoms with Crippen LogP contribution in [-0.2, 0) is 6.18 Å². The average molecular weight is 473 g/mol. The molecule has 1 aliphatic heterocycles. The zero-order valence-corrected chi connectivity index (χ0v) is 19.5. The molecular formula is C27H31F3N2O2. The zero-order chi connectivity index (χ0) is 24.0. The first kappa shape index (κ1) is 24.3. The second-order valence-electron chi connectivity index (χ2n) is 8.71. The number of benzene rings is 2. The monoisotopic (exact) mass is 472 g/mol. The Hall–Kier alpha value is -2.80. The average Bonchev–Trinajstić information content (AvgIpc) is 3.11. The van der Waals surface area contributed by atoms with Crippen molar-refractivity contribution >= 4 is 10.9 Å². The highest BCUT2D eigenvalue weighted by molar-refractivity contribution is 5.88. The molecule has 0 radical (unpaired) electrons. The maximum atomic E-state index is 13.4. The Bertz CT molecular complexity index is 1080. The van der Waals surface area contributed by atoms with Gasteiger partial charge >= 0.3 is 6.18 Å². The van der Waals surface area contributed by atoms with Crippen LogP contribution in [0.25, 0.3) is 22.2 Å². The van der Waals surface area contributed by atoms with E-state index in [1.807, 2.05) is 31.2 Å². The molecule has 1 saturated heterocycles. The van der Waals surface area contributed by atoms with Gasteiger partial charge in [0, 0.05) is 23.6 Å². The topological polar surface area (TPSA) is 34.6 Å². The van der Waals surface area contributed by atoms with Crippen LogP contribution in [0.3, 0.4) is 0 Å².